The maximum atomic E-state index is 13.8. The van der Waals surface area contributed by atoms with Gasteiger partial charge >= 0.3 is 13.0 Å². The monoisotopic (exact) mass is 1200 g/mol. The van der Waals surface area contributed by atoms with Gasteiger partial charge < -0.3 is 30.6 Å². The van der Waals surface area contributed by atoms with E-state index in [1.165, 1.54) is 14.2 Å². The summed E-state index contributed by atoms with van der Waals surface area (Å²) in [7, 11) is -0.262. The van der Waals surface area contributed by atoms with E-state index in [1.807, 2.05) is 64.1 Å². The molecule has 2 aliphatic rings. The number of phosphoric acid groups is 1. The fourth-order valence-corrected chi connectivity index (χ4v) is 9.86. The molecule has 8 rings (SSSR count). The zero-order valence-corrected chi connectivity index (χ0v) is 48.8. The summed E-state index contributed by atoms with van der Waals surface area (Å²) in [5.74, 6) is -0.744. The van der Waals surface area contributed by atoms with Crippen LogP contribution < -0.4 is 20.4 Å². The molecule has 0 fully saturated rings. The average Bonchev–Trinajstić information content (AvgIpc) is 3.68. The lowest BCUT2D eigenvalue weighted by Crippen LogP contribution is -2.32. The van der Waals surface area contributed by atoms with E-state index in [-0.39, 0.29) is 31.1 Å². The van der Waals surface area contributed by atoms with Gasteiger partial charge in [0, 0.05) is 101 Å². The number of aryl methyl sites for hydroxylation is 4. The minimum Gasteiger partial charge on any atom is -0.400 e. The summed E-state index contributed by atoms with van der Waals surface area (Å²) in [6.07, 6.45) is 1.02. The SMILES string of the molecule is C.CO.COP(=O)(OC)OC1CCCN(C(=O)c2ccc(NC(=O)c3ccccc3C)cc2C)c2ccc(Cl)cc21.Cc1ccccc1C(=O)Nc1ccc(C(=O)N2CCCC(O)c3cc(Cl)ccc32)c(C)c1.O=P(Cl)(Cl)Cl. The molecule has 418 valence electrons. The van der Waals surface area contributed by atoms with Crippen LogP contribution in [0.4, 0.5) is 22.7 Å². The van der Waals surface area contributed by atoms with Crippen LogP contribution in [0, 0.1) is 27.7 Å². The number of carbonyl (C=O) groups excluding carboxylic acids is 4. The Labute approximate surface area is 480 Å². The van der Waals surface area contributed by atoms with E-state index < -0.39 is 25.2 Å². The molecule has 22 heteroatoms. The number of anilines is 4. The first-order chi connectivity index (χ1) is 36.5. The van der Waals surface area contributed by atoms with Gasteiger partial charge in [-0.25, -0.2) is 4.57 Å². The maximum Gasteiger partial charge on any atom is 0.474 e. The number of phosphoric ester groups is 1. The molecule has 2 aliphatic heterocycles. The number of carbonyl (C=O) groups is 4. The lowest BCUT2D eigenvalue weighted by atomic mass is 10.0. The molecular formula is C56H63Cl5N4O11P2. The highest BCUT2D eigenvalue weighted by Crippen LogP contribution is 2.61. The smallest absolute Gasteiger partial charge is 0.400 e. The first kappa shape index (κ1) is 65.4. The molecule has 6 aromatic rings. The number of rotatable bonds is 10. The molecule has 4 amide bonds. The molecule has 2 heterocycles. The fourth-order valence-electron chi connectivity index (χ4n) is 8.65. The lowest BCUT2D eigenvalue weighted by molar-refractivity contribution is 0.0975. The predicted octanol–water partition coefficient (Wildman–Crippen LogP) is 15.8. The van der Waals surface area contributed by atoms with Crippen LogP contribution in [0.1, 0.15) is 120 Å². The van der Waals surface area contributed by atoms with Crippen LogP contribution in [0.5, 0.6) is 0 Å². The van der Waals surface area contributed by atoms with Crippen LogP contribution in [0.25, 0.3) is 0 Å². The van der Waals surface area contributed by atoms with Crippen molar-refractivity contribution < 1.29 is 52.1 Å². The van der Waals surface area contributed by atoms with E-state index >= 15 is 0 Å². The van der Waals surface area contributed by atoms with Crippen LogP contribution >= 0.6 is 69.9 Å². The molecule has 0 radical (unpaired) electrons. The number of halogens is 5. The zero-order chi connectivity index (χ0) is 56.8. The molecule has 0 saturated carbocycles. The standard InChI is InChI=1S/C28H30ClN2O6P.C26H25ClN2O3.CH4O.CH4.Cl3OP/c1-18-8-5-6-9-22(18)27(32)30-21-12-13-23(19(2)16-21)28(33)31-15-7-10-26(37-38(34,35-3)36-4)24-17-20(29)11-14-25(24)31;1-16-6-3-4-7-20(16)25(31)28-19-10-11-21(17(2)14-19)26(32)29-13-5-8-24(30)22-15-18(27)9-12-23(22)29;1-2;;1-5(2,3)4/h5-6,8-9,11-14,16-17,26H,7,10,15H2,1-4H3,(H,30,32);3-4,6-7,9-12,14-15,24,30H,5,8,13H2,1-2H3,(H,28,31);2H,1H3;1H4;. The van der Waals surface area contributed by atoms with Gasteiger partial charge in [0.1, 0.15) is 0 Å². The van der Waals surface area contributed by atoms with Gasteiger partial charge in [0.2, 0.25) is 0 Å². The highest BCUT2D eigenvalue weighted by atomic mass is 36.0. The molecule has 0 bridgehead atoms. The molecule has 6 aromatic carbocycles. The van der Waals surface area contributed by atoms with E-state index in [1.54, 1.807) is 94.7 Å². The number of nitrogens with zero attached hydrogens (tertiary/aromatic N) is 2. The lowest BCUT2D eigenvalue weighted by Gasteiger charge is -2.26. The molecule has 4 N–H and O–H groups in total. The van der Waals surface area contributed by atoms with Gasteiger partial charge in [-0.2, -0.15) is 0 Å². The quantitative estimate of drug-likeness (QED) is 0.0951. The number of aliphatic hydroxyl groups excluding tert-OH is 2. The summed E-state index contributed by atoms with van der Waals surface area (Å²) >= 11 is 26.3. The van der Waals surface area contributed by atoms with Gasteiger partial charge in [0.05, 0.1) is 12.2 Å². The van der Waals surface area contributed by atoms with E-state index in [0.29, 0.717) is 111 Å². The summed E-state index contributed by atoms with van der Waals surface area (Å²) in [5.41, 5.74) is 9.32. The summed E-state index contributed by atoms with van der Waals surface area (Å²) < 4.78 is 37.9. The van der Waals surface area contributed by atoms with Gasteiger partial charge in [-0.05, 0) is 194 Å². The van der Waals surface area contributed by atoms with Crippen molar-refractivity contribution in [2.75, 3.05) is 54.9 Å². The Hall–Kier alpha value is -5.09. The van der Waals surface area contributed by atoms with Crippen molar-refractivity contribution in [3.8, 4) is 0 Å². The van der Waals surface area contributed by atoms with Gasteiger partial charge in [-0.1, -0.05) is 67.0 Å². The first-order valence-corrected chi connectivity index (χ1v) is 30.5. The van der Waals surface area contributed by atoms with Crippen molar-refractivity contribution >= 4 is 116 Å². The number of hydrogen-bond acceptors (Lipinski definition) is 11. The maximum absolute atomic E-state index is 13.8. The Morgan fingerprint density at radius 2 is 0.962 bits per heavy atom. The van der Waals surface area contributed by atoms with Crippen molar-refractivity contribution in [1.29, 1.82) is 0 Å². The zero-order valence-electron chi connectivity index (χ0n) is 43.2. The van der Waals surface area contributed by atoms with Crippen molar-refractivity contribution in [2.24, 2.45) is 0 Å². The summed E-state index contributed by atoms with van der Waals surface area (Å²) in [5, 5.41) is 21.1. The van der Waals surface area contributed by atoms with E-state index in [2.05, 4.69) is 44.4 Å². The van der Waals surface area contributed by atoms with Crippen LogP contribution in [0.2, 0.25) is 10.0 Å². The number of amides is 4. The molecule has 0 aliphatic carbocycles. The molecule has 2 unspecified atom stereocenters. The highest BCUT2D eigenvalue weighted by Gasteiger charge is 2.35. The topological polar surface area (TPSA) is 201 Å². The number of aliphatic hydroxyl groups is 2. The Bertz CT molecular complexity index is 3180. The molecule has 15 nitrogen and oxygen atoms in total. The fraction of sp³-hybridized carbons (Fsp3) is 0.286. The van der Waals surface area contributed by atoms with Crippen LogP contribution in [-0.4, -0.2) is 68.3 Å². The van der Waals surface area contributed by atoms with Crippen molar-refractivity contribution in [3.05, 3.63) is 187 Å². The van der Waals surface area contributed by atoms with Gasteiger partial charge in [-0.3, -0.25) is 37.3 Å². The van der Waals surface area contributed by atoms with E-state index in [9.17, 15) is 33.4 Å². The minimum absolute atomic E-state index is 0. The molecule has 0 spiro atoms. The summed E-state index contributed by atoms with van der Waals surface area (Å²) in [4.78, 5) is 56.0. The summed E-state index contributed by atoms with van der Waals surface area (Å²) in [6, 6.07) is 35.7. The second kappa shape index (κ2) is 29.9. The van der Waals surface area contributed by atoms with Gasteiger partial charge in [0.15, 0.2) is 0 Å². The summed E-state index contributed by atoms with van der Waals surface area (Å²) in [6.45, 7) is 8.39. The molecular weight excluding hydrogens is 1140 g/mol. The van der Waals surface area contributed by atoms with Gasteiger partial charge in [0.25, 0.3) is 23.6 Å². The predicted molar refractivity (Wildman–Crippen MR) is 316 cm³/mol. The largest absolute Gasteiger partial charge is 0.474 e. The Morgan fingerprint density at radius 3 is 1.37 bits per heavy atom. The van der Waals surface area contributed by atoms with Gasteiger partial charge in [-0.15, -0.1) is 0 Å². The molecule has 0 aromatic heterocycles. The van der Waals surface area contributed by atoms with Crippen molar-refractivity contribution in [3.63, 3.8) is 0 Å². The van der Waals surface area contributed by atoms with Crippen molar-refractivity contribution in [2.45, 2.75) is 73.0 Å². The molecule has 0 saturated heterocycles. The normalized spacial score (nSPS) is 14.8. The first-order valence-electron chi connectivity index (χ1n) is 23.9. The van der Waals surface area contributed by atoms with E-state index in [0.717, 1.165) is 23.8 Å². The van der Waals surface area contributed by atoms with Crippen LogP contribution in [0.3, 0.4) is 0 Å². The second-order valence-corrected chi connectivity index (χ2v) is 26.9. The highest BCUT2D eigenvalue weighted by molar-refractivity contribution is 8.24. The Morgan fingerprint density at radius 1 is 0.564 bits per heavy atom. The third kappa shape index (κ3) is 17.7. The third-order valence-electron chi connectivity index (χ3n) is 12.4. The number of fused-ring (bicyclic) bond motifs is 2. The Kier molecular flexibility index (Phi) is 25.1. The number of benzene rings is 6. The van der Waals surface area contributed by atoms with Crippen molar-refractivity contribution in [1.82, 2.24) is 0 Å². The van der Waals surface area contributed by atoms with E-state index in [4.69, 9.17) is 41.9 Å². The molecule has 78 heavy (non-hydrogen) atoms. The average molecular weight is 1210 g/mol. The number of hydrogen-bond donors (Lipinski definition) is 4. The number of nitrogens with one attached hydrogen (secondary N) is 2. The minimum atomic E-state index is -3.77. The Balaban J connectivity index is 0.000000300. The van der Waals surface area contributed by atoms with Crippen LogP contribution in [0.15, 0.2) is 121 Å². The van der Waals surface area contributed by atoms with Crippen LogP contribution in [-0.2, 0) is 22.7 Å². The third-order valence-corrected chi connectivity index (χ3v) is 14.3. The molecule has 2 atom stereocenters. The second-order valence-electron chi connectivity index (χ2n) is 17.5.